The van der Waals surface area contributed by atoms with Crippen LogP contribution in [0.1, 0.15) is 18.1 Å². The molecule has 0 bridgehead atoms. The number of rotatable bonds is 3. The van der Waals surface area contributed by atoms with Gasteiger partial charge < -0.3 is 10.1 Å². The van der Waals surface area contributed by atoms with E-state index in [1.807, 2.05) is 0 Å². The van der Waals surface area contributed by atoms with Gasteiger partial charge in [0.25, 0.3) is 5.91 Å². The van der Waals surface area contributed by atoms with Crippen molar-refractivity contribution in [1.82, 2.24) is 5.32 Å². The number of hydrogen-bond donors (Lipinski definition) is 1. The van der Waals surface area contributed by atoms with Crippen LogP contribution < -0.4 is 5.32 Å². The molecule has 1 atom stereocenters. The van der Waals surface area contributed by atoms with Gasteiger partial charge in [-0.25, -0.2) is 0 Å². The van der Waals surface area contributed by atoms with E-state index in [2.05, 4.69) is 5.32 Å². The molecule has 1 amide bonds. The third-order valence-electron chi connectivity index (χ3n) is 2.82. The summed E-state index contributed by atoms with van der Waals surface area (Å²) < 4.78 is 43.0. The molecule has 1 aromatic rings. The highest BCUT2D eigenvalue weighted by molar-refractivity contribution is 5.87. The molecule has 1 aromatic carbocycles. The lowest BCUT2D eigenvalue weighted by Gasteiger charge is -2.14. The average Bonchev–Trinajstić information content (AvgIpc) is 3.05. The lowest BCUT2D eigenvalue weighted by atomic mass is 10.1. The number of ether oxygens (including phenoxy) is 1. The second-order valence-corrected chi connectivity index (χ2v) is 4.36. The molecule has 1 saturated heterocycles. The van der Waals surface area contributed by atoms with Crippen LogP contribution in [0, 0.1) is 0 Å². The lowest BCUT2D eigenvalue weighted by molar-refractivity contribution is -0.138. The molecule has 1 aliphatic rings. The Morgan fingerprint density at radius 2 is 2.06 bits per heavy atom. The predicted octanol–water partition coefficient (Wildman–Crippen LogP) is 2.11. The summed E-state index contributed by atoms with van der Waals surface area (Å²) >= 11 is 0. The number of halogens is 3. The highest BCUT2D eigenvalue weighted by atomic mass is 19.4. The Balaban J connectivity index is 2.08. The molecule has 1 unspecified atom stereocenters. The molecule has 0 spiro atoms. The molecule has 1 fully saturated rings. The standard InChI is InChI=1S/C12H12F3NO2/c1-11(7-18-11)10(17)16-6-8-4-2-3-5-9(8)12(13,14)15/h2-5H,6-7H2,1H3,(H,16,17). The number of alkyl halides is 3. The molecule has 0 aromatic heterocycles. The summed E-state index contributed by atoms with van der Waals surface area (Å²) in [5, 5.41) is 2.45. The van der Waals surface area contributed by atoms with Crippen molar-refractivity contribution in [1.29, 1.82) is 0 Å². The average molecular weight is 259 g/mol. The first-order chi connectivity index (χ1) is 8.33. The third-order valence-corrected chi connectivity index (χ3v) is 2.82. The molecule has 1 heterocycles. The maximum absolute atomic E-state index is 12.7. The van der Waals surface area contributed by atoms with E-state index in [1.54, 1.807) is 6.92 Å². The zero-order chi connectivity index (χ0) is 13.4. The van der Waals surface area contributed by atoms with Crippen LogP contribution >= 0.6 is 0 Å². The Labute approximate surface area is 102 Å². The fourth-order valence-electron chi connectivity index (χ4n) is 1.55. The van der Waals surface area contributed by atoms with E-state index in [9.17, 15) is 18.0 Å². The van der Waals surface area contributed by atoms with Crippen LogP contribution in [0.2, 0.25) is 0 Å². The molecule has 98 valence electrons. The number of carbonyl (C=O) groups excluding carboxylic acids is 1. The van der Waals surface area contributed by atoms with E-state index in [0.29, 0.717) is 6.61 Å². The molecule has 2 rings (SSSR count). The van der Waals surface area contributed by atoms with Gasteiger partial charge in [-0.05, 0) is 18.6 Å². The Hall–Kier alpha value is -1.56. The van der Waals surface area contributed by atoms with Crippen molar-refractivity contribution in [3.05, 3.63) is 35.4 Å². The summed E-state index contributed by atoms with van der Waals surface area (Å²) in [6, 6.07) is 5.17. The number of hydrogen-bond acceptors (Lipinski definition) is 2. The Kier molecular flexibility index (Phi) is 3.06. The maximum Gasteiger partial charge on any atom is 0.416 e. The van der Waals surface area contributed by atoms with Gasteiger partial charge in [0.2, 0.25) is 0 Å². The van der Waals surface area contributed by atoms with Gasteiger partial charge in [-0.15, -0.1) is 0 Å². The van der Waals surface area contributed by atoms with Crippen molar-refractivity contribution in [2.45, 2.75) is 25.2 Å². The minimum absolute atomic E-state index is 0.0441. The molecule has 1 N–H and O–H groups in total. The number of carbonyl (C=O) groups is 1. The largest absolute Gasteiger partial charge is 0.416 e. The smallest absolute Gasteiger partial charge is 0.359 e. The molecule has 18 heavy (non-hydrogen) atoms. The minimum Gasteiger partial charge on any atom is -0.359 e. The minimum atomic E-state index is -4.42. The maximum atomic E-state index is 12.7. The molecule has 0 aliphatic carbocycles. The van der Waals surface area contributed by atoms with E-state index in [4.69, 9.17) is 4.74 Å². The topological polar surface area (TPSA) is 41.6 Å². The number of nitrogens with one attached hydrogen (secondary N) is 1. The van der Waals surface area contributed by atoms with Gasteiger partial charge in [0.1, 0.15) is 0 Å². The van der Waals surface area contributed by atoms with E-state index < -0.39 is 17.3 Å². The second kappa shape index (κ2) is 4.28. The SMILES string of the molecule is CC1(C(=O)NCc2ccccc2C(F)(F)F)CO1. The molecular weight excluding hydrogens is 247 g/mol. The lowest BCUT2D eigenvalue weighted by Crippen LogP contribution is -2.35. The summed E-state index contributed by atoms with van der Waals surface area (Å²) in [5.74, 6) is -0.389. The van der Waals surface area contributed by atoms with Gasteiger partial charge in [-0.1, -0.05) is 18.2 Å². The van der Waals surface area contributed by atoms with E-state index in [1.165, 1.54) is 18.2 Å². The predicted molar refractivity (Wildman–Crippen MR) is 57.6 cm³/mol. The van der Waals surface area contributed by atoms with Gasteiger partial charge in [-0.3, -0.25) is 4.79 Å². The summed E-state index contributed by atoms with van der Waals surface area (Å²) in [7, 11) is 0. The Bertz CT molecular complexity index is 467. The van der Waals surface area contributed by atoms with E-state index >= 15 is 0 Å². The van der Waals surface area contributed by atoms with Crippen molar-refractivity contribution in [3.8, 4) is 0 Å². The zero-order valence-electron chi connectivity index (χ0n) is 9.67. The summed E-state index contributed by atoms with van der Waals surface area (Å²) in [5.41, 5.74) is -1.55. The highest BCUT2D eigenvalue weighted by Crippen LogP contribution is 2.32. The Morgan fingerprint density at radius 1 is 1.44 bits per heavy atom. The molecule has 6 heteroatoms. The van der Waals surface area contributed by atoms with Gasteiger partial charge in [0, 0.05) is 6.54 Å². The highest BCUT2D eigenvalue weighted by Gasteiger charge is 2.47. The zero-order valence-corrected chi connectivity index (χ0v) is 9.67. The van der Waals surface area contributed by atoms with Gasteiger partial charge in [0.05, 0.1) is 12.2 Å². The van der Waals surface area contributed by atoms with Crippen LogP contribution in [0.3, 0.4) is 0 Å². The molecule has 0 saturated carbocycles. The molecule has 0 radical (unpaired) electrons. The quantitative estimate of drug-likeness (QED) is 0.845. The van der Waals surface area contributed by atoms with Crippen molar-refractivity contribution < 1.29 is 22.7 Å². The molecule has 3 nitrogen and oxygen atoms in total. The summed E-state index contributed by atoms with van der Waals surface area (Å²) in [6.07, 6.45) is -4.42. The monoisotopic (exact) mass is 259 g/mol. The third kappa shape index (κ3) is 2.64. The van der Waals surface area contributed by atoms with Crippen molar-refractivity contribution in [2.75, 3.05) is 6.61 Å². The van der Waals surface area contributed by atoms with Gasteiger partial charge >= 0.3 is 6.18 Å². The molecule has 1 aliphatic heterocycles. The van der Waals surface area contributed by atoms with Crippen LogP contribution in [0.15, 0.2) is 24.3 Å². The van der Waals surface area contributed by atoms with Crippen LogP contribution in [0.25, 0.3) is 0 Å². The van der Waals surface area contributed by atoms with Gasteiger partial charge in [0.15, 0.2) is 5.60 Å². The summed E-state index contributed by atoms with van der Waals surface area (Å²) in [4.78, 5) is 11.5. The normalized spacial score (nSPS) is 22.7. The van der Waals surface area contributed by atoms with Crippen LogP contribution in [-0.4, -0.2) is 18.1 Å². The fraction of sp³-hybridized carbons (Fsp3) is 0.417. The van der Waals surface area contributed by atoms with E-state index in [0.717, 1.165) is 6.07 Å². The Morgan fingerprint density at radius 3 is 2.61 bits per heavy atom. The van der Waals surface area contributed by atoms with Crippen LogP contribution in [0.5, 0.6) is 0 Å². The first-order valence-electron chi connectivity index (χ1n) is 5.40. The number of epoxide rings is 1. The summed E-state index contributed by atoms with van der Waals surface area (Å²) in [6.45, 7) is 1.74. The first kappa shape index (κ1) is 12.9. The van der Waals surface area contributed by atoms with Crippen LogP contribution in [-0.2, 0) is 22.3 Å². The first-order valence-corrected chi connectivity index (χ1v) is 5.40. The molecular formula is C12H12F3NO2. The van der Waals surface area contributed by atoms with Crippen LogP contribution in [0.4, 0.5) is 13.2 Å². The van der Waals surface area contributed by atoms with Gasteiger partial charge in [-0.2, -0.15) is 13.2 Å². The van der Waals surface area contributed by atoms with Crippen molar-refractivity contribution in [2.24, 2.45) is 0 Å². The van der Waals surface area contributed by atoms with E-state index in [-0.39, 0.29) is 18.0 Å². The number of amides is 1. The van der Waals surface area contributed by atoms with Crippen molar-refractivity contribution >= 4 is 5.91 Å². The number of benzene rings is 1. The van der Waals surface area contributed by atoms with Crippen molar-refractivity contribution in [3.63, 3.8) is 0 Å². The fourth-order valence-corrected chi connectivity index (χ4v) is 1.55. The second-order valence-electron chi connectivity index (χ2n) is 4.36.